The number of aliphatic carboxylic acids is 1. The third-order valence-electron chi connectivity index (χ3n) is 7.35. The highest BCUT2D eigenvalue weighted by molar-refractivity contribution is 5.97. The van der Waals surface area contributed by atoms with E-state index >= 15 is 0 Å². The zero-order valence-electron chi connectivity index (χ0n) is 21.5. The fraction of sp³-hybridized carbons (Fsp3) is 0.367. The van der Waals surface area contributed by atoms with Crippen LogP contribution in [0.5, 0.6) is 5.75 Å². The normalized spacial score (nSPS) is 15.3. The third-order valence-corrected chi connectivity index (χ3v) is 7.35. The van der Waals surface area contributed by atoms with E-state index in [1.54, 1.807) is 13.1 Å². The van der Waals surface area contributed by atoms with Gasteiger partial charge in [-0.3, -0.25) is 14.6 Å². The highest BCUT2D eigenvalue weighted by atomic mass is 19.3. The number of nitrogens with zero attached hydrogens (tertiary/aromatic N) is 1. The number of benzene rings is 2. The van der Waals surface area contributed by atoms with Gasteiger partial charge in [-0.2, -0.15) is 8.78 Å². The van der Waals surface area contributed by atoms with Gasteiger partial charge in [-0.15, -0.1) is 0 Å². The molecule has 1 aromatic heterocycles. The molecule has 3 aromatic rings. The zero-order chi connectivity index (χ0) is 27.2. The van der Waals surface area contributed by atoms with Crippen LogP contribution in [0.2, 0.25) is 0 Å². The first-order valence-electron chi connectivity index (χ1n) is 12.8. The van der Waals surface area contributed by atoms with Crippen molar-refractivity contribution in [2.45, 2.75) is 58.5 Å². The molecule has 0 radical (unpaired) electrons. The van der Waals surface area contributed by atoms with Crippen LogP contribution in [0.3, 0.4) is 0 Å². The number of carbonyl (C=O) groups excluding carboxylic acids is 1. The summed E-state index contributed by atoms with van der Waals surface area (Å²) in [6, 6.07) is 14.7. The number of alkyl halides is 2. The van der Waals surface area contributed by atoms with Gasteiger partial charge < -0.3 is 15.2 Å². The van der Waals surface area contributed by atoms with E-state index in [0.717, 1.165) is 47.9 Å². The Morgan fingerprint density at radius 1 is 1.08 bits per heavy atom. The SMILES string of the molecule is Cc1c(CC(C)C(=O)O)cccc1NC(=O)C(c1ccc(-c2cncc(OC(F)F)c2)cc1)C1CCCC1. The minimum absolute atomic E-state index is 0.0138. The summed E-state index contributed by atoms with van der Waals surface area (Å²) in [5.74, 6) is -1.62. The van der Waals surface area contributed by atoms with Crippen LogP contribution < -0.4 is 10.1 Å². The van der Waals surface area contributed by atoms with E-state index in [-0.39, 0.29) is 23.5 Å². The number of hydrogen-bond acceptors (Lipinski definition) is 4. The molecule has 2 unspecified atom stereocenters. The maximum absolute atomic E-state index is 13.7. The quantitative estimate of drug-likeness (QED) is 0.305. The fourth-order valence-electron chi connectivity index (χ4n) is 5.22. The van der Waals surface area contributed by atoms with E-state index in [1.807, 2.05) is 49.4 Å². The molecule has 2 N–H and O–H groups in total. The van der Waals surface area contributed by atoms with Gasteiger partial charge in [0.15, 0.2) is 0 Å². The molecule has 4 rings (SSSR count). The van der Waals surface area contributed by atoms with Crippen molar-refractivity contribution in [3.05, 3.63) is 77.6 Å². The fourth-order valence-corrected chi connectivity index (χ4v) is 5.22. The van der Waals surface area contributed by atoms with Gasteiger partial charge in [0.25, 0.3) is 0 Å². The van der Waals surface area contributed by atoms with Gasteiger partial charge in [-0.25, -0.2) is 0 Å². The first-order valence-corrected chi connectivity index (χ1v) is 12.8. The van der Waals surface area contributed by atoms with Crippen LogP contribution in [0.4, 0.5) is 14.5 Å². The summed E-state index contributed by atoms with van der Waals surface area (Å²) in [7, 11) is 0. The summed E-state index contributed by atoms with van der Waals surface area (Å²) in [4.78, 5) is 29.0. The molecule has 200 valence electrons. The minimum atomic E-state index is -2.93. The zero-order valence-corrected chi connectivity index (χ0v) is 21.5. The average Bonchev–Trinajstić information content (AvgIpc) is 3.41. The number of hydrogen-bond donors (Lipinski definition) is 2. The van der Waals surface area contributed by atoms with Gasteiger partial charge in [0.05, 0.1) is 18.0 Å². The largest absolute Gasteiger partial charge is 0.481 e. The Hall–Kier alpha value is -3.81. The average molecular weight is 523 g/mol. The van der Waals surface area contributed by atoms with Crippen molar-refractivity contribution in [3.8, 4) is 16.9 Å². The molecule has 1 heterocycles. The van der Waals surface area contributed by atoms with Crippen molar-refractivity contribution >= 4 is 17.6 Å². The molecule has 2 atom stereocenters. The lowest BCUT2D eigenvalue weighted by Crippen LogP contribution is -2.27. The number of rotatable bonds is 10. The van der Waals surface area contributed by atoms with Crippen molar-refractivity contribution in [2.75, 3.05) is 5.32 Å². The Morgan fingerprint density at radius 3 is 2.45 bits per heavy atom. The molecular formula is C30H32F2N2O4. The van der Waals surface area contributed by atoms with Crippen molar-refractivity contribution in [3.63, 3.8) is 0 Å². The van der Waals surface area contributed by atoms with E-state index in [4.69, 9.17) is 0 Å². The number of carbonyl (C=O) groups is 2. The lowest BCUT2D eigenvalue weighted by molar-refractivity contribution is -0.141. The topological polar surface area (TPSA) is 88.5 Å². The van der Waals surface area contributed by atoms with Gasteiger partial charge in [-0.1, -0.05) is 56.2 Å². The van der Waals surface area contributed by atoms with Crippen LogP contribution in [-0.4, -0.2) is 28.6 Å². The number of amides is 1. The van der Waals surface area contributed by atoms with E-state index in [1.165, 1.54) is 12.3 Å². The van der Waals surface area contributed by atoms with Crippen LogP contribution >= 0.6 is 0 Å². The van der Waals surface area contributed by atoms with Gasteiger partial charge in [-0.05, 0) is 66.5 Å². The monoisotopic (exact) mass is 522 g/mol. The van der Waals surface area contributed by atoms with Crippen molar-refractivity contribution in [1.82, 2.24) is 4.98 Å². The molecule has 0 spiro atoms. The summed E-state index contributed by atoms with van der Waals surface area (Å²) in [6.45, 7) is 0.647. The highest BCUT2D eigenvalue weighted by Gasteiger charge is 2.32. The summed E-state index contributed by atoms with van der Waals surface area (Å²) < 4.78 is 29.7. The number of halogens is 2. The molecule has 6 nitrogen and oxygen atoms in total. The standard InChI is InChI=1S/C30H32F2N2O4/c1-18(29(36)37)14-23-8-5-9-26(19(23)2)34-28(35)27(21-6-3-4-7-21)22-12-10-20(11-13-22)24-15-25(17-33-16-24)38-30(31)32/h5,8-13,15-18,21,27,30H,3-4,6-7,14H2,1-2H3,(H,34,35)(H,36,37). The van der Waals surface area contributed by atoms with Crippen LogP contribution in [-0.2, 0) is 16.0 Å². The van der Waals surface area contributed by atoms with Gasteiger partial charge >= 0.3 is 12.6 Å². The Bertz CT molecular complexity index is 1270. The van der Waals surface area contributed by atoms with Crippen LogP contribution in [0.15, 0.2) is 60.9 Å². The van der Waals surface area contributed by atoms with E-state index in [9.17, 15) is 23.5 Å². The van der Waals surface area contributed by atoms with E-state index in [0.29, 0.717) is 17.7 Å². The number of nitrogens with one attached hydrogen (secondary N) is 1. The predicted molar refractivity (Wildman–Crippen MR) is 141 cm³/mol. The molecule has 0 bridgehead atoms. The lowest BCUT2D eigenvalue weighted by atomic mass is 9.83. The van der Waals surface area contributed by atoms with E-state index in [2.05, 4.69) is 15.0 Å². The number of pyridine rings is 1. The maximum Gasteiger partial charge on any atom is 0.387 e. The second kappa shape index (κ2) is 12.2. The van der Waals surface area contributed by atoms with Crippen LogP contribution in [0.1, 0.15) is 55.2 Å². The van der Waals surface area contributed by atoms with Gasteiger partial charge in [0, 0.05) is 17.4 Å². The Balaban J connectivity index is 1.57. The Morgan fingerprint density at radius 2 is 1.79 bits per heavy atom. The predicted octanol–water partition coefficient (Wildman–Crippen LogP) is 6.83. The van der Waals surface area contributed by atoms with E-state index < -0.39 is 18.5 Å². The maximum atomic E-state index is 13.7. The molecule has 0 aliphatic heterocycles. The molecule has 8 heteroatoms. The number of aromatic nitrogens is 1. The molecule has 0 saturated heterocycles. The van der Waals surface area contributed by atoms with Gasteiger partial charge in [0.1, 0.15) is 5.75 Å². The van der Waals surface area contributed by atoms with Crippen LogP contribution in [0.25, 0.3) is 11.1 Å². The third kappa shape index (κ3) is 6.54. The summed E-state index contributed by atoms with van der Waals surface area (Å²) in [6.07, 6.45) is 7.29. The number of carboxylic acids is 1. The smallest absolute Gasteiger partial charge is 0.387 e. The second-order valence-electron chi connectivity index (χ2n) is 9.95. The summed E-state index contributed by atoms with van der Waals surface area (Å²) in [5.41, 5.74) is 4.76. The number of anilines is 1. The molecule has 2 aromatic carbocycles. The first kappa shape index (κ1) is 27.2. The number of carboxylic acid groups (broad SMARTS) is 1. The summed E-state index contributed by atoms with van der Waals surface area (Å²) >= 11 is 0. The van der Waals surface area contributed by atoms with Crippen molar-refractivity contribution in [1.29, 1.82) is 0 Å². The van der Waals surface area contributed by atoms with Gasteiger partial charge in [0.2, 0.25) is 5.91 Å². The second-order valence-corrected chi connectivity index (χ2v) is 9.95. The number of ether oxygens (including phenoxy) is 1. The molecule has 38 heavy (non-hydrogen) atoms. The van der Waals surface area contributed by atoms with Crippen molar-refractivity contribution in [2.24, 2.45) is 11.8 Å². The van der Waals surface area contributed by atoms with Crippen molar-refractivity contribution < 1.29 is 28.2 Å². The first-order chi connectivity index (χ1) is 18.2. The molecular weight excluding hydrogens is 490 g/mol. The van der Waals surface area contributed by atoms with Crippen LogP contribution in [0, 0.1) is 18.8 Å². The lowest BCUT2D eigenvalue weighted by Gasteiger charge is -2.24. The summed E-state index contributed by atoms with van der Waals surface area (Å²) in [5, 5.41) is 12.4. The molecule has 1 aliphatic carbocycles. The Kier molecular flexibility index (Phi) is 8.71. The molecule has 1 saturated carbocycles. The molecule has 1 aliphatic rings. The minimum Gasteiger partial charge on any atom is -0.481 e. The Labute approximate surface area is 221 Å². The highest BCUT2D eigenvalue weighted by Crippen LogP contribution is 2.39. The molecule has 1 fully saturated rings. The molecule has 1 amide bonds.